The van der Waals surface area contributed by atoms with E-state index in [2.05, 4.69) is 0 Å². The third kappa shape index (κ3) is 3.90. The third-order valence-electron chi connectivity index (χ3n) is 4.50. The van der Waals surface area contributed by atoms with E-state index in [1.54, 1.807) is 0 Å². The number of hydrogen-bond donors (Lipinski definition) is 7. The number of benzene rings is 1. The molecule has 1 aliphatic carbocycles. The van der Waals surface area contributed by atoms with Crippen molar-refractivity contribution in [2.24, 2.45) is 5.92 Å². The highest BCUT2D eigenvalue weighted by molar-refractivity contribution is 5.85. The summed E-state index contributed by atoms with van der Waals surface area (Å²) in [5.74, 6) is -4.62. The van der Waals surface area contributed by atoms with Gasteiger partial charge in [0.15, 0.2) is 17.1 Å². The molecule has 7 N–H and O–H groups in total. The van der Waals surface area contributed by atoms with Crippen LogP contribution in [0.3, 0.4) is 0 Å². The van der Waals surface area contributed by atoms with Crippen LogP contribution in [0.2, 0.25) is 0 Å². The monoisotopic (exact) mass is 356 g/mol. The van der Waals surface area contributed by atoms with Crippen LogP contribution in [0.5, 0.6) is 11.5 Å². The molecule has 9 nitrogen and oxygen atoms in total. The Kier molecular flexibility index (Phi) is 5.33. The lowest BCUT2D eigenvalue weighted by molar-refractivity contribution is -0.180. The van der Waals surface area contributed by atoms with Gasteiger partial charge in [0.1, 0.15) is 5.78 Å². The number of aromatic hydroxyl groups is 2. The van der Waals surface area contributed by atoms with Crippen LogP contribution in [0, 0.1) is 5.92 Å². The Morgan fingerprint density at radius 1 is 1.16 bits per heavy atom. The quantitative estimate of drug-likeness (QED) is 0.327. The topological polar surface area (TPSA) is 176 Å². The molecule has 0 radical (unpaired) electrons. The molecule has 2 rings (SSSR count). The first kappa shape index (κ1) is 19.1. The Morgan fingerprint density at radius 2 is 1.80 bits per heavy atom. The predicted octanol–water partition coefficient (Wildman–Crippen LogP) is -0.962. The van der Waals surface area contributed by atoms with Gasteiger partial charge in [-0.2, -0.15) is 0 Å². The number of carbonyl (C=O) groups is 2. The van der Waals surface area contributed by atoms with Gasteiger partial charge in [-0.1, -0.05) is 6.07 Å². The molecule has 9 heteroatoms. The van der Waals surface area contributed by atoms with Gasteiger partial charge in [0, 0.05) is 18.8 Å². The van der Waals surface area contributed by atoms with Gasteiger partial charge in [0.2, 0.25) is 0 Å². The average molecular weight is 356 g/mol. The van der Waals surface area contributed by atoms with Crippen molar-refractivity contribution in [3.05, 3.63) is 23.8 Å². The molecule has 0 heterocycles. The van der Waals surface area contributed by atoms with Crippen molar-refractivity contribution in [3.63, 3.8) is 0 Å². The second-order valence-corrected chi connectivity index (χ2v) is 6.34. The van der Waals surface area contributed by atoms with Gasteiger partial charge >= 0.3 is 5.97 Å². The molecule has 138 valence electrons. The summed E-state index contributed by atoms with van der Waals surface area (Å²) < 4.78 is 0. The fraction of sp³-hybridized carbons (Fsp3) is 0.500. The van der Waals surface area contributed by atoms with Crippen molar-refractivity contribution < 1.29 is 45.3 Å². The highest BCUT2D eigenvalue weighted by Crippen LogP contribution is 2.36. The van der Waals surface area contributed by atoms with Crippen molar-refractivity contribution in [1.29, 1.82) is 0 Å². The number of phenols is 2. The molecule has 5 atom stereocenters. The van der Waals surface area contributed by atoms with Crippen molar-refractivity contribution in [1.82, 2.24) is 0 Å². The Labute approximate surface area is 142 Å². The van der Waals surface area contributed by atoms with Gasteiger partial charge in [-0.25, -0.2) is 4.79 Å². The number of aliphatic carboxylic acids is 1. The minimum Gasteiger partial charge on any atom is -0.504 e. The van der Waals surface area contributed by atoms with Crippen LogP contribution in [-0.4, -0.2) is 65.3 Å². The lowest BCUT2D eigenvalue weighted by Gasteiger charge is -2.39. The molecule has 1 aromatic rings. The molecule has 1 aromatic carbocycles. The Morgan fingerprint density at radius 3 is 2.36 bits per heavy atom. The fourth-order valence-corrected chi connectivity index (χ4v) is 2.99. The van der Waals surface area contributed by atoms with E-state index >= 15 is 0 Å². The number of aliphatic hydroxyl groups excluding tert-OH is 3. The Balaban J connectivity index is 2.15. The lowest BCUT2D eigenvalue weighted by Crippen LogP contribution is -2.55. The maximum absolute atomic E-state index is 12.4. The van der Waals surface area contributed by atoms with Crippen molar-refractivity contribution in [2.75, 3.05) is 0 Å². The Bertz CT molecular complexity index is 674. The first-order valence-electron chi connectivity index (χ1n) is 7.59. The lowest BCUT2D eigenvalue weighted by atomic mass is 9.72. The number of rotatable bonds is 5. The van der Waals surface area contributed by atoms with E-state index in [0.717, 1.165) is 12.1 Å². The summed E-state index contributed by atoms with van der Waals surface area (Å²) >= 11 is 0. The molecule has 1 fully saturated rings. The Hall–Kier alpha value is -2.20. The largest absolute Gasteiger partial charge is 0.504 e. The van der Waals surface area contributed by atoms with Gasteiger partial charge in [0.25, 0.3) is 0 Å². The van der Waals surface area contributed by atoms with Crippen LogP contribution in [0.1, 0.15) is 30.9 Å². The maximum atomic E-state index is 12.4. The highest BCUT2D eigenvalue weighted by Gasteiger charge is 2.51. The van der Waals surface area contributed by atoms with Gasteiger partial charge in [0.05, 0.1) is 18.3 Å². The molecule has 0 saturated heterocycles. The summed E-state index contributed by atoms with van der Waals surface area (Å²) in [5, 5.41) is 67.6. The predicted molar refractivity (Wildman–Crippen MR) is 81.7 cm³/mol. The van der Waals surface area contributed by atoms with Crippen LogP contribution in [0.25, 0.3) is 0 Å². The third-order valence-corrected chi connectivity index (χ3v) is 4.50. The zero-order valence-electron chi connectivity index (χ0n) is 13.1. The van der Waals surface area contributed by atoms with Crippen molar-refractivity contribution >= 4 is 11.8 Å². The molecular weight excluding hydrogens is 336 g/mol. The van der Waals surface area contributed by atoms with E-state index in [0.29, 0.717) is 0 Å². The number of carboxylic acid groups (broad SMARTS) is 1. The van der Waals surface area contributed by atoms with E-state index in [1.165, 1.54) is 6.07 Å². The minimum atomic E-state index is -2.35. The number of phenolic OH excluding ortho intramolecular Hbond substituents is 2. The second kappa shape index (κ2) is 6.96. The first-order chi connectivity index (χ1) is 11.5. The second-order valence-electron chi connectivity index (χ2n) is 6.34. The number of aliphatic hydroxyl groups is 4. The normalized spacial score (nSPS) is 30.6. The van der Waals surface area contributed by atoms with E-state index in [1.807, 2.05) is 0 Å². The van der Waals surface area contributed by atoms with Crippen LogP contribution in [0.15, 0.2) is 18.2 Å². The minimum absolute atomic E-state index is 0.128. The van der Waals surface area contributed by atoms with Gasteiger partial charge in [-0.05, 0) is 24.1 Å². The molecule has 0 bridgehead atoms. The number of carbonyl (C=O) groups excluding carboxylic acids is 1. The highest BCUT2D eigenvalue weighted by atomic mass is 16.4. The van der Waals surface area contributed by atoms with Gasteiger partial charge in [-0.3, -0.25) is 4.79 Å². The van der Waals surface area contributed by atoms with Gasteiger partial charge < -0.3 is 35.7 Å². The molecule has 0 amide bonds. The number of hydrogen-bond acceptors (Lipinski definition) is 8. The molecule has 0 aliphatic heterocycles. The van der Waals surface area contributed by atoms with E-state index < -0.39 is 72.3 Å². The molecule has 1 aliphatic rings. The number of ketones is 1. The van der Waals surface area contributed by atoms with Crippen molar-refractivity contribution in [2.45, 2.75) is 43.2 Å². The summed E-state index contributed by atoms with van der Waals surface area (Å²) in [4.78, 5) is 23.5. The van der Waals surface area contributed by atoms with Crippen LogP contribution in [0.4, 0.5) is 0 Å². The van der Waals surface area contributed by atoms with Gasteiger partial charge in [-0.15, -0.1) is 0 Å². The average Bonchev–Trinajstić information content (AvgIpc) is 2.53. The molecule has 0 unspecified atom stereocenters. The summed E-state index contributed by atoms with van der Waals surface area (Å²) in [6.07, 6.45) is -6.28. The first-order valence-corrected chi connectivity index (χ1v) is 7.59. The summed E-state index contributed by atoms with van der Waals surface area (Å²) in [5.41, 5.74) is -2.22. The standard InChI is InChI=1S/C16H20O9/c17-9-2-1-7(3-12(9)20)10(18)4-11(19)8-5-16(25,15(23)24)6-13(21)14(8)22/h1-3,8,10,13-14,17-18,20-22,25H,4-6H2,(H,23,24)/t8-,10-,13+,14+,16-/m0/s1. The SMILES string of the molecule is O=C(C[C@H](O)c1ccc(O)c(O)c1)[C@@H]1C[C@@](O)(C(=O)O)C[C@@H](O)[C@@H]1O. The summed E-state index contributed by atoms with van der Waals surface area (Å²) in [6, 6.07) is 3.47. The van der Waals surface area contributed by atoms with Crippen LogP contribution >= 0.6 is 0 Å². The zero-order valence-corrected chi connectivity index (χ0v) is 13.1. The summed E-state index contributed by atoms with van der Waals surface area (Å²) in [6.45, 7) is 0. The molecular formula is C16H20O9. The van der Waals surface area contributed by atoms with Crippen LogP contribution < -0.4 is 0 Å². The van der Waals surface area contributed by atoms with E-state index in [4.69, 9.17) is 5.11 Å². The smallest absolute Gasteiger partial charge is 0.335 e. The number of carboxylic acids is 1. The maximum Gasteiger partial charge on any atom is 0.335 e. The van der Waals surface area contributed by atoms with Crippen molar-refractivity contribution in [3.8, 4) is 11.5 Å². The van der Waals surface area contributed by atoms with E-state index in [-0.39, 0.29) is 5.56 Å². The molecule has 0 aromatic heterocycles. The number of Topliss-reactive ketones (excluding diaryl/α,β-unsaturated/α-hetero) is 1. The molecule has 0 spiro atoms. The molecule has 25 heavy (non-hydrogen) atoms. The zero-order chi connectivity index (χ0) is 18.9. The molecule has 1 saturated carbocycles. The summed E-state index contributed by atoms with van der Waals surface area (Å²) in [7, 11) is 0. The van der Waals surface area contributed by atoms with Crippen LogP contribution in [-0.2, 0) is 9.59 Å². The van der Waals surface area contributed by atoms with E-state index in [9.17, 15) is 40.2 Å². The fourth-order valence-electron chi connectivity index (χ4n) is 2.99.